The number of pyridine rings is 1. The number of amides is 2. The number of ether oxygens (including phenoxy) is 2. The molecule has 188 valence electrons. The van der Waals surface area contributed by atoms with E-state index in [9.17, 15) is 19.1 Å². The Bertz CT molecular complexity index is 1270. The highest BCUT2D eigenvalue weighted by Gasteiger charge is 2.45. The number of aromatic hydroxyl groups is 1. The van der Waals surface area contributed by atoms with Crippen LogP contribution >= 0.6 is 11.6 Å². The second-order valence-corrected chi connectivity index (χ2v) is 9.76. The van der Waals surface area contributed by atoms with E-state index in [1.165, 1.54) is 24.3 Å². The second-order valence-electron chi connectivity index (χ2n) is 9.39. The number of hydrogen-bond donors (Lipinski definition) is 1. The average Bonchev–Trinajstić information content (AvgIpc) is 3.48. The quantitative estimate of drug-likeness (QED) is 0.629. The van der Waals surface area contributed by atoms with E-state index in [1.807, 2.05) is 4.90 Å². The van der Waals surface area contributed by atoms with Crippen LogP contribution in [0.4, 0.5) is 10.2 Å². The molecule has 2 bridgehead atoms. The van der Waals surface area contributed by atoms with Gasteiger partial charge in [0, 0.05) is 26.2 Å². The lowest BCUT2D eigenvalue weighted by molar-refractivity contribution is -0.128. The van der Waals surface area contributed by atoms with Gasteiger partial charge in [-0.3, -0.25) is 9.59 Å². The first-order valence-electron chi connectivity index (χ1n) is 11.8. The zero-order valence-corrected chi connectivity index (χ0v) is 20.1. The number of morpholine rings is 1. The van der Waals surface area contributed by atoms with Gasteiger partial charge in [0.25, 0.3) is 5.91 Å². The first kappa shape index (κ1) is 23.1. The van der Waals surface area contributed by atoms with Crippen molar-refractivity contribution in [3.05, 3.63) is 47.3 Å². The number of benzene rings is 1. The molecule has 11 heteroatoms. The van der Waals surface area contributed by atoms with Gasteiger partial charge in [-0.25, -0.2) is 9.37 Å². The van der Waals surface area contributed by atoms with Crippen LogP contribution in [0.2, 0.25) is 5.02 Å². The molecule has 0 aliphatic carbocycles. The van der Waals surface area contributed by atoms with Gasteiger partial charge in [0.1, 0.15) is 40.3 Å². The van der Waals surface area contributed by atoms with E-state index in [4.69, 9.17) is 26.1 Å². The lowest BCUT2D eigenvalue weighted by atomic mass is 10.0. The molecule has 3 atom stereocenters. The van der Waals surface area contributed by atoms with Gasteiger partial charge < -0.3 is 29.3 Å². The first-order valence-corrected chi connectivity index (χ1v) is 12.2. The summed E-state index contributed by atoms with van der Waals surface area (Å²) in [4.78, 5) is 36.2. The predicted octanol–water partition coefficient (Wildman–Crippen LogP) is 2.46. The SMILES string of the molecule is C=CC(=O)N1CCN2C(=O)c3c(N4CC5CC4CO5)nc(-c4c(O)cccc4F)c(Cl)c3OCC2C1. The summed E-state index contributed by atoms with van der Waals surface area (Å²) >= 11 is 6.74. The van der Waals surface area contributed by atoms with Gasteiger partial charge in [0.2, 0.25) is 5.91 Å². The Morgan fingerprint density at radius 1 is 1.19 bits per heavy atom. The van der Waals surface area contributed by atoms with Crippen molar-refractivity contribution in [1.29, 1.82) is 0 Å². The van der Waals surface area contributed by atoms with Crippen molar-refractivity contribution in [2.24, 2.45) is 0 Å². The molecule has 0 spiro atoms. The number of hydrogen-bond acceptors (Lipinski definition) is 7. The van der Waals surface area contributed by atoms with Gasteiger partial charge >= 0.3 is 0 Å². The number of carbonyl (C=O) groups is 2. The van der Waals surface area contributed by atoms with E-state index < -0.39 is 11.9 Å². The number of fused-ring (bicyclic) bond motifs is 4. The normalized spacial score (nSPS) is 24.8. The van der Waals surface area contributed by atoms with Gasteiger partial charge in [-0.15, -0.1) is 0 Å². The number of anilines is 1. The Balaban J connectivity index is 1.50. The number of piperazine rings is 1. The van der Waals surface area contributed by atoms with Crippen molar-refractivity contribution < 1.29 is 28.6 Å². The van der Waals surface area contributed by atoms with Crippen molar-refractivity contribution >= 4 is 29.2 Å². The van der Waals surface area contributed by atoms with Gasteiger partial charge in [-0.2, -0.15) is 0 Å². The van der Waals surface area contributed by atoms with E-state index in [1.54, 1.807) is 9.80 Å². The van der Waals surface area contributed by atoms with Gasteiger partial charge in [0.05, 0.1) is 30.4 Å². The summed E-state index contributed by atoms with van der Waals surface area (Å²) < 4.78 is 26.8. The number of aromatic nitrogens is 1. The number of halogens is 2. The molecule has 3 fully saturated rings. The van der Waals surface area contributed by atoms with Crippen LogP contribution in [0.15, 0.2) is 30.9 Å². The molecule has 5 heterocycles. The van der Waals surface area contributed by atoms with Crippen molar-refractivity contribution in [1.82, 2.24) is 14.8 Å². The van der Waals surface area contributed by atoms with E-state index in [0.717, 1.165) is 6.42 Å². The van der Waals surface area contributed by atoms with Crippen LogP contribution in [0.1, 0.15) is 16.8 Å². The summed E-state index contributed by atoms with van der Waals surface area (Å²) in [6.45, 7) is 5.61. The molecule has 2 aromatic rings. The lowest BCUT2D eigenvalue weighted by Crippen LogP contribution is -2.57. The highest BCUT2D eigenvalue weighted by Crippen LogP contribution is 2.47. The summed E-state index contributed by atoms with van der Waals surface area (Å²) in [6.07, 6.45) is 2.05. The smallest absolute Gasteiger partial charge is 0.261 e. The Hall–Kier alpha value is -3.37. The number of phenols is 1. The summed E-state index contributed by atoms with van der Waals surface area (Å²) in [7, 11) is 0. The zero-order valence-electron chi connectivity index (χ0n) is 19.3. The molecular weight excluding hydrogens is 491 g/mol. The van der Waals surface area contributed by atoms with Gasteiger partial charge in [-0.05, 0) is 24.6 Å². The number of phenolic OH excluding ortho intramolecular Hbond substituents is 1. The molecule has 3 saturated heterocycles. The molecule has 6 rings (SSSR count). The van der Waals surface area contributed by atoms with Crippen LogP contribution in [0.3, 0.4) is 0 Å². The number of nitrogens with zero attached hydrogens (tertiary/aromatic N) is 4. The Labute approximate surface area is 211 Å². The molecule has 0 radical (unpaired) electrons. The largest absolute Gasteiger partial charge is 0.507 e. The van der Waals surface area contributed by atoms with Crippen LogP contribution in [0, 0.1) is 5.82 Å². The van der Waals surface area contributed by atoms with Crippen LogP contribution < -0.4 is 9.64 Å². The maximum atomic E-state index is 14.9. The zero-order chi connectivity index (χ0) is 25.1. The Morgan fingerprint density at radius 2 is 2.03 bits per heavy atom. The summed E-state index contributed by atoms with van der Waals surface area (Å²) in [5, 5.41) is 10.4. The molecule has 2 amide bonds. The molecular formula is C25H24ClFN4O5. The highest BCUT2D eigenvalue weighted by atomic mass is 35.5. The van der Waals surface area contributed by atoms with Crippen LogP contribution in [0.5, 0.6) is 11.5 Å². The Morgan fingerprint density at radius 3 is 2.72 bits per heavy atom. The fraction of sp³-hybridized carbons (Fsp3) is 0.400. The molecule has 3 unspecified atom stereocenters. The predicted molar refractivity (Wildman–Crippen MR) is 129 cm³/mol. The van der Waals surface area contributed by atoms with Gasteiger partial charge in [-0.1, -0.05) is 24.2 Å². The maximum Gasteiger partial charge on any atom is 0.261 e. The minimum Gasteiger partial charge on any atom is -0.507 e. The third-order valence-corrected chi connectivity index (χ3v) is 7.69. The van der Waals surface area contributed by atoms with E-state index in [0.29, 0.717) is 32.1 Å². The Kier molecular flexibility index (Phi) is 5.53. The van der Waals surface area contributed by atoms with Crippen molar-refractivity contribution in [2.45, 2.75) is 24.6 Å². The number of rotatable bonds is 3. The molecule has 1 aromatic carbocycles. The molecule has 0 saturated carbocycles. The number of carbonyl (C=O) groups excluding carboxylic acids is 2. The van der Waals surface area contributed by atoms with Crippen LogP contribution in [0.25, 0.3) is 11.3 Å². The van der Waals surface area contributed by atoms with Crippen LogP contribution in [-0.4, -0.2) is 89.3 Å². The molecule has 4 aliphatic heterocycles. The van der Waals surface area contributed by atoms with Crippen molar-refractivity contribution in [3.8, 4) is 22.8 Å². The van der Waals surface area contributed by atoms with E-state index in [-0.39, 0.29) is 70.5 Å². The van der Waals surface area contributed by atoms with Crippen LogP contribution in [-0.2, 0) is 9.53 Å². The monoisotopic (exact) mass is 514 g/mol. The summed E-state index contributed by atoms with van der Waals surface area (Å²) in [6, 6.07) is 3.54. The third-order valence-electron chi connectivity index (χ3n) is 7.34. The fourth-order valence-corrected chi connectivity index (χ4v) is 5.84. The standard InChI is InChI=1S/C25H24ClFN4O5/c1-2-18(33)29-6-7-30-14(9-29)12-36-23-20(25(30)34)24(31-10-15-8-13(31)11-35-15)28-22(21(23)26)19-16(27)4-3-5-17(19)32/h2-5,13-15,32H,1,6-12H2. The lowest BCUT2D eigenvalue weighted by Gasteiger charge is -2.39. The fourth-order valence-electron chi connectivity index (χ4n) is 5.56. The molecule has 36 heavy (non-hydrogen) atoms. The highest BCUT2D eigenvalue weighted by molar-refractivity contribution is 6.35. The second kappa shape index (κ2) is 8.63. The average molecular weight is 515 g/mol. The molecule has 4 aliphatic rings. The van der Waals surface area contributed by atoms with Crippen molar-refractivity contribution in [2.75, 3.05) is 44.3 Å². The minimum absolute atomic E-state index is 0.000780. The van der Waals surface area contributed by atoms with E-state index in [2.05, 4.69) is 6.58 Å². The minimum atomic E-state index is -0.697. The maximum absolute atomic E-state index is 14.9. The van der Waals surface area contributed by atoms with Crippen molar-refractivity contribution in [3.63, 3.8) is 0 Å². The van der Waals surface area contributed by atoms with Gasteiger partial charge in [0.15, 0.2) is 5.75 Å². The topological polar surface area (TPSA) is 95.4 Å². The molecule has 1 N–H and O–H groups in total. The molecule has 1 aromatic heterocycles. The summed E-state index contributed by atoms with van der Waals surface area (Å²) in [5.74, 6) is -1.11. The third kappa shape index (κ3) is 3.50. The summed E-state index contributed by atoms with van der Waals surface area (Å²) in [5.41, 5.74) is 0.0481. The first-order chi connectivity index (χ1) is 17.4. The molecule has 9 nitrogen and oxygen atoms in total. The van der Waals surface area contributed by atoms with E-state index >= 15 is 0 Å².